The van der Waals surface area contributed by atoms with Crippen LogP contribution in [-0.4, -0.2) is 145 Å². The minimum Gasteiger partial charge on any atom is -0.479 e. The molecule has 348 valence electrons. The molecule has 20 atom stereocenters. The van der Waals surface area contributed by atoms with Gasteiger partial charge in [-0.3, -0.25) is 9.35 Å². The average molecular weight is 891 g/mol. The summed E-state index contributed by atoms with van der Waals surface area (Å²) in [6.45, 7) is 14.0. The number of carbonyl (C=O) groups is 2. The van der Waals surface area contributed by atoms with Crippen LogP contribution in [0.4, 0.5) is 0 Å². The minimum absolute atomic E-state index is 0.0136. The van der Waals surface area contributed by atoms with Crippen LogP contribution in [0, 0.1) is 50.7 Å². The quantitative estimate of drug-likeness (QED) is 0.0716. The number of ether oxygens (including phenoxy) is 4. The van der Waals surface area contributed by atoms with Crippen LogP contribution >= 0.6 is 0 Å². The lowest BCUT2D eigenvalue weighted by Gasteiger charge is -2.72. The molecule has 9 N–H and O–H groups in total. The van der Waals surface area contributed by atoms with Gasteiger partial charge in [0.15, 0.2) is 18.5 Å². The van der Waals surface area contributed by atoms with Crippen LogP contribution in [-0.2, 0) is 43.1 Å². The summed E-state index contributed by atoms with van der Waals surface area (Å²) in [5, 5.41) is 84.9. The molecule has 19 heteroatoms. The van der Waals surface area contributed by atoms with Gasteiger partial charge >= 0.3 is 22.3 Å². The van der Waals surface area contributed by atoms with Crippen molar-refractivity contribution in [2.45, 2.75) is 179 Å². The predicted octanol–water partition coefficient (Wildman–Crippen LogP) is 1.21. The summed E-state index contributed by atoms with van der Waals surface area (Å²) in [6.07, 6.45) is -11.3. The van der Waals surface area contributed by atoms with E-state index in [9.17, 15) is 63.4 Å². The van der Waals surface area contributed by atoms with E-state index in [0.29, 0.717) is 44.9 Å². The molecule has 6 fully saturated rings. The fourth-order valence-electron chi connectivity index (χ4n) is 14.0. The first kappa shape index (κ1) is 47.1. The molecule has 4 saturated carbocycles. The summed E-state index contributed by atoms with van der Waals surface area (Å²) < 4.78 is 61.2. The highest BCUT2D eigenvalue weighted by Gasteiger charge is 2.72. The number of hydrogen-bond acceptors (Lipinski definition) is 16. The van der Waals surface area contributed by atoms with Gasteiger partial charge in [0.1, 0.15) is 36.6 Å². The molecule has 0 bridgehead atoms. The molecule has 0 aromatic heterocycles. The molecule has 0 spiro atoms. The smallest absolute Gasteiger partial charge is 0.397 e. The lowest BCUT2D eigenvalue weighted by molar-refractivity contribution is -0.320. The Labute approximate surface area is 356 Å². The van der Waals surface area contributed by atoms with Crippen LogP contribution in [0.1, 0.15) is 106 Å². The van der Waals surface area contributed by atoms with E-state index in [1.54, 1.807) is 6.92 Å². The number of hydrogen-bond donors (Lipinski definition) is 9. The van der Waals surface area contributed by atoms with Gasteiger partial charge in [0.25, 0.3) is 0 Å². The van der Waals surface area contributed by atoms with Crippen LogP contribution in [0.2, 0.25) is 0 Å². The average Bonchev–Trinajstić information content (AvgIpc) is 3.16. The molecule has 0 radical (unpaired) electrons. The molecular weight excluding hydrogens is 825 g/mol. The van der Waals surface area contributed by atoms with Crippen LogP contribution in [0.15, 0.2) is 11.6 Å². The van der Waals surface area contributed by atoms with E-state index in [4.69, 9.17) is 23.1 Å². The number of aliphatic carboxylic acids is 1. The number of aliphatic hydroxyl groups is 7. The maximum Gasteiger partial charge on any atom is 0.397 e. The topological polar surface area (TPSA) is 296 Å². The Morgan fingerprint density at radius 1 is 0.820 bits per heavy atom. The van der Waals surface area contributed by atoms with Gasteiger partial charge in [0, 0.05) is 5.92 Å². The summed E-state index contributed by atoms with van der Waals surface area (Å²) in [5.74, 6) is -3.01. The second-order valence-corrected chi connectivity index (χ2v) is 21.9. The molecule has 61 heavy (non-hydrogen) atoms. The van der Waals surface area contributed by atoms with Gasteiger partial charge in [0.2, 0.25) is 6.29 Å². The second-order valence-electron chi connectivity index (χ2n) is 20.9. The van der Waals surface area contributed by atoms with Crippen molar-refractivity contribution in [1.29, 1.82) is 0 Å². The molecule has 0 aromatic carbocycles. The summed E-state index contributed by atoms with van der Waals surface area (Å²) in [5.41, 5.74) is -3.30. The maximum absolute atomic E-state index is 14.7. The summed E-state index contributed by atoms with van der Waals surface area (Å²) in [7, 11) is -5.19. The SMILES string of the molecule is C[C@@H]1CC[C@]2(C(=O)O[C@@H]3O[C@H](CO)[C@@H](O)[C@H](O)[C@H]3O)CC[C@]3(C)C(=CCC4[C@@]5(C)CC[C@H](O[C@@H]6O[C@H](C(=O)O)[C@@H](O)[C@H](O)[C@H]6OS(=O)(=O)O)C(C)(C)C5CC[C@]43C)C2[C@]1(C)O. The van der Waals surface area contributed by atoms with Crippen LogP contribution in [0.3, 0.4) is 0 Å². The van der Waals surface area contributed by atoms with Gasteiger partial charge in [-0.1, -0.05) is 53.2 Å². The maximum atomic E-state index is 14.7. The van der Waals surface area contributed by atoms with Gasteiger partial charge in [-0.2, -0.15) is 8.42 Å². The Bertz CT molecular complexity index is 1850. The molecule has 18 nitrogen and oxygen atoms in total. The first-order valence-corrected chi connectivity index (χ1v) is 23.0. The number of carboxylic acid groups (broad SMARTS) is 1. The predicted molar refractivity (Wildman–Crippen MR) is 210 cm³/mol. The monoisotopic (exact) mass is 890 g/mol. The number of aliphatic hydroxyl groups excluding tert-OH is 6. The number of carbonyl (C=O) groups excluding carboxylic acids is 1. The zero-order valence-corrected chi connectivity index (χ0v) is 36.7. The van der Waals surface area contributed by atoms with Crippen molar-refractivity contribution in [2.75, 3.05) is 6.61 Å². The number of esters is 1. The molecule has 3 unspecified atom stereocenters. The lowest BCUT2D eigenvalue weighted by Crippen LogP contribution is -2.68. The number of fused-ring (bicyclic) bond motifs is 7. The van der Waals surface area contributed by atoms with E-state index in [1.165, 1.54) is 0 Å². The molecule has 0 amide bonds. The molecular formula is C42H66O18S. The first-order chi connectivity index (χ1) is 28.1. The van der Waals surface area contributed by atoms with Crippen LogP contribution in [0.25, 0.3) is 0 Å². The van der Waals surface area contributed by atoms with Gasteiger partial charge < -0.3 is 59.8 Å². The van der Waals surface area contributed by atoms with Gasteiger partial charge in [-0.25, -0.2) is 8.98 Å². The van der Waals surface area contributed by atoms with Crippen molar-refractivity contribution < 1.29 is 86.5 Å². The number of allylic oxidation sites excluding steroid dienone is 1. The fraction of sp³-hybridized carbons (Fsp3) is 0.905. The van der Waals surface area contributed by atoms with E-state index in [1.807, 2.05) is 20.8 Å². The zero-order chi connectivity index (χ0) is 45.2. The zero-order valence-electron chi connectivity index (χ0n) is 35.9. The van der Waals surface area contributed by atoms with E-state index in [2.05, 4.69) is 26.8 Å². The van der Waals surface area contributed by atoms with Gasteiger partial charge in [-0.15, -0.1) is 0 Å². The highest BCUT2D eigenvalue weighted by atomic mass is 32.3. The van der Waals surface area contributed by atoms with Crippen molar-refractivity contribution in [2.24, 2.45) is 50.7 Å². The van der Waals surface area contributed by atoms with E-state index < -0.39 is 124 Å². The summed E-state index contributed by atoms with van der Waals surface area (Å²) >= 11 is 0. The van der Waals surface area contributed by atoms with Crippen molar-refractivity contribution in [3.63, 3.8) is 0 Å². The van der Waals surface area contributed by atoms with Crippen molar-refractivity contribution in [1.82, 2.24) is 0 Å². The van der Waals surface area contributed by atoms with E-state index >= 15 is 0 Å². The molecule has 0 aromatic rings. The third-order valence-electron chi connectivity index (χ3n) is 17.8. The largest absolute Gasteiger partial charge is 0.479 e. The third-order valence-corrected chi connectivity index (χ3v) is 18.3. The van der Waals surface area contributed by atoms with Gasteiger partial charge in [0.05, 0.1) is 23.7 Å². The first-order valence-electron chi connectivity index (χ1n) is 21.6. The molecule has 7 aliphatic rings. The highest BCUT2D eigenvalue weighted by molar-refractivity contribution is 7.80. The Morgan fingerprint density at radius 2 is 1.49 bits per heavy atom. The van der Waals surface area contributed by atoms with Crippen molar-refractivity contribution >= 4 is 22.3 Å². The minimum atomic E-state index is -5.19. The molecule has 5 aliphatic carbocycles. The Kier molecular flexibility index (Phi) is 12.1. The molecule has 7 rings (SSSR count). The Morgan fingerprint density at radius 3 is 2.11 bits per heavy atom. The van der Waals surface area contributed by atoms with Crippen LogP contribution < -0.4 is 0 Å². The standard InChI is InChI=1S/C42H66O18S/c1-19-10-15-42(36(51)59-34-29(48)26(45)25(44)21(18-43)56-34)17-16-39(5)20(32(42)41(19,7)52)8-9-23-38(4)13-12-24(37(2,3)22(38)11-14-40(23,39)6)57-35-31(60-61(53,54)55)28(47)27(46)30(58-35)33(49)50/h8,19,21-32,34-35,43-48,52H,9-18H2,1-7H3,(H,49,50)(H,53,54,55)/t19-,21-,22?,23?,24+,25-,26+,27+,28+,29-,30+,31-,32?,34+,35-,38+,39-,40-,41-,42+/m1/s1. The fourth-order valence-corrected chi connectivity index (χ4v) is 14.5. The second kappa shape index (κ2) is 15.7. The molecule has 2 saturated heterocycles. The number of carboxylic acids is 1. The molecule has 2 aliphatic heterocycles. The Hall–Kier alpha value is -1.85. The van der Waals surface area contributed by atoms with Crippen molar-refractivity contribution in [3.05, 3.63) is 11.6 Å². The Balaban J connectivity index is 1.19. The molecule has 2 heterocycles. The lowest BCUT2D eigenvalue weighted by atomic mass is 9.33. The number of rotatable bonds is 8. The summed E-state index contributed by atoms with van der Waals surface area (Å²) in [6, 6.07) is 0. The van der Waals surface area contributed by atoms with E-state index in [-0.39, 0.29) is 28.6 Å². The van der Waals surface area contributed by atoms with Crippen LogP contribution in [0.5, 0.6) is 0 Å². The van der Waals surface area contributed by atoms with Gasteiger partial charge in [-0.05, 0) is 104 Å². The normalized spacial score (nSPS) is 52.0. The third kappa shape index (κ3) is 7.15. The summed E-state index contributed by atoms with van der Waals surface area (Å²) in [4.78, 5) is 26.6. The van der Waals surface area contributed by atoms with Crippen molar-refractivity contribution in [3.8, 4) is 0 Å². The highest BCUT2D eigenvalue weighted by Crippen LogP contribution is 2.76. The van der Waals surface area contributed by atoms with E-state index in [0.717, 1.165) is 18.4 Å².